The molecule has 0 bridgehead atoms. The van der Waals surface area contributed by atoms with Gasteiger partial charge in [0.25, 0.3) is 0 Å². The van der Waals surface area contributed by atoms with Gasteiger partial charge in [0.1, 0.15) is 5.75 Å². The summed E-state index contributed by atoms with van der Waals surface area (Å²) < 4.78 is 30.9. The Labute approximate surface area is 161 Å². The Hall–Kier alpha value is -2.54. The zero-order valence-corrected chi connectivity index (χ0v) is 16.8. The third-order valence-corrected chi connectivity index (χ3v) is 5.31. The van der Waals surface area contributed by atoms with Gasteiger partial charge >= 0.3 is 0 Å². The van der Waals surface area contributed by atoms with Gasteiger partial charge in [-0.05, 0) is 49.2 Å². The van der Waals surface area contributed by atoms with E-state index < -0.39 is 10.0 Å². The third kappa shape index (κ3) is 6.29. The van der Waals surface area contributed by atoms with Crippen molar-refractivity contribution >= 4 is 21.6 Å². The van der Waals surface area contributed by atoms with E-state index in [1.165, 1.54) is 4.31 Å². The molecule has 0 heterocycles. The molecule has 0 saturated heterocycles. The lowest BCUT2D eigenvalue weighted by atomic mass is 10.1. The highest BCUT2D eigenvalue weighted by molar-refractivity contribution is 7.92. The van der Waals surface area contributed by atoms with Crippen molar-refractivity contribution in [3.63, 3.8) is 0 Å². The van der Waals surface area contributed by atoms with Gasteiger partial charge in [0.05, 0.1) is 18.6 Å². The maximum atomic E-state index is 12.2. The summed E-state index contributed by atoms with van der Waals surface area (Å²) >= 11 is 0. The van der Waals surface area contributed by atoms with Crippen LogP contribution in [0.5, 0.6) is 5.75 Å². The van der Waals surface area contributed by atoms with Crippen molar-refractivity contribution in [1.82, 2.24) is 5.32 Å². The van der Waals surface area contributed by atoms with Gasteiger partial charge in [-0.2, -0.15) is 0 Å². The zero-order valence-electron chi connectivity index (χ0n) is 15.9. The summed E-state index contributed by atoms with van der Waals surface area (Å²) in [5, 5.41) is 2.84. The topological polar surface area (TPSA) is 75.7 Å². The van der Waals surface area contributed by atoms with E-state index in [2.05, 4.69) is 5.32 Å². The number of hydrogen-bond donors (Lipinski definition) is 1. The molecule has 0 saturated carbocycles. The van der Waals surface area contributed by atoms with Crippen LogP contribution in [0, 0.1) is 6.92 Å². The van der Waals surface area contributed by atoms with E-state index in [9.17, 15) is 13.2 Å². The number of anilines is 1. The number of carbonyl (C=O) groups excluding carboxylic acids is 1. The second-order valence-electron chi connectivity index (χ2n) is 6.22. The van der Waals surface area contributed by atoms with Crippen LogP contribution in [0.25, 0.3) is 0 Å². The lowest BCUT2D eigenvalue weighted by Crippen LogP contribution is -2.34. The molecule has 1 amide bonds. The molecule has 0 unspecified atom stereocenters. The molecule has 0 aliphatic carbocycles. The third-order valence-electron chi connectivity index (χ3n) is 4.12. The molecule has 0 aliphatic rings. The summed E-state index contributed by atoms with van der Waals surface area (Å²) in [4.78, 5) is 12.2. The van der Waals surface area contributed by atoms with Crippen molar-refractivity contribution in [2.45, 2.75) is 26.8 Å². The number of ether oxygens (including phenoxy) is 1. The van der Waals surface area contributed by atoms with Crippen molar-refractivity contribution in [2.24, 2.45) is 0 Å². The summed E-state index contributed by atoms with van der Waals surface area (Å²) in [5.74, 6) is 0.475. The smallest absolute Gasteiger partial charge is 0.232 e. The highest BCUT2D eigenvalue weighted by Gasteiger charge is 2.18. The number of benzene rings is 2. The van der Waals surface area contributed by atoms with E-state index in [4.69, 9.17) is 4.74 Å². The minimum Gasteiger partial charge on any atom is -0.494 e. The highest BCUT2D eigenvalue weighted by Crippen LogP contribution is 2.22. The SMILES string of the molecule is CCOc1ccc(N(CCC(=O)NCc2ccccc2C)S(C)(=O)=O)cc1. The Morgan fingerprint density at radius 1 is 1.11 bits per heavy atom. The summed E-state index contributed by atoms with van der Waals surface area (Å²) in [5.41, 5.74) is 2.65. The second kappa shape index (κ2) is 9.41. The molecule has 0 aliphatic heterocycles. The number of carbonyl (C=O) groups is 1. The minimum absolute atomic E-state index is 0.0756. The fourth-order valence-electron chi connectivity index (χ4n) is 2.66. The number of nitrogens with zero attached hydrogens (tertiary/aromatic N) is 1. The Balaban J connectivity index is 1.98. The van der Waals surface area contributed by atoms with Crippen LogP contribution in [0.15, 0.2) is 48.5 Å². The summed E-state index contributed by atoms with van der Waals surface area (Å²) in [6, 6.07) is 14.6. The summed E-state index contributed by atoms with van der Waals surface area (Å²) in [6.07, 6.45) is 1.21. The van der Waals surface area contributed by atoms with Crippen LogP contribution in [-0.4, -0.2) is 33.7 Å². The van der Waals surface area contributed by atoms with Crippen molar-refractivity contribution in [2.75, 3.05) is 23.7 Å². The molecule has 0 aromatic heterocycles. The molecule has 2 rings (SSSR count). The number of hydrogen-bond acceptors (Lipinski definition) is 4. The lowest BCUT2D eigenvalue weighted by Gasteiger charge is -2.22. The second-order valence-corrected chi connectivity index (χ2v) is 8.12. The maximum absolute atomic E-state index is 12.2. The number of amides is 1. The van der Waals surface area contributed by atoms with Gasteiger partial charge in [0.15, 0.2) is 0 Å². The first-order chi connectivity index (χ1) is 12.8. The molecule has 2 aromatic rings. The molecular weight excluding hydrogens is 364 g/mol. The van der Waals surface area contributed by atoms with Gasteiger partial charge in [0.2, 0.25) is 15.9 Å². The van der Waals surface area contributed by atoms with Gasteiger partial charge in [-0.15, -0.1) is 0 Å². The molecule has 0 atom stereocenters. The number of aryl methyl sites for hydroxylation is 1. The Kier molecular flexibility index (Phi) is 7.24. The Bertz CT molecular complexity index is 864. The molecule has 0 radical (unpaired) electrons. The predicted molar refractivity (Wildman–Crippen MR) is 107 cm³/mol. The van der Waals surface area contributed by atoms with Crippen molar-refractivity contribution in [3.05, 3.63) is 59.7 Å². The van der Waals surface area contributed by atoms with E-state index in [0.29, 0.717) is 24.6 Å². The molecular formula is C20H26N2O4S. The Morgan fingerprint density at radius 2 is 1.78 bits per heavy atom. The number of sulfonamides is 1. The summed E-state index contributed by atoms with van der Waals surface area (Å²) in [6.45, 7) is 4.90. The molecule has 2 aromatic carbocycles. The van der Waals surface area contributed by atoms with Gasteiger partial charge in [-0.3, -0.25) is 9.10 Å². The first-order valence-corrected chi connectivity index (χ1v) is 10.7. The minimum atomic E-state index is -3.50. The van der Waals surface area contributed by atoms with E-state index in [0.717, 1.165) is 17.4 Å². The van der Waals surface area contributed by atoms with Crippen LogP contribution in [0.4, 0.5) is 5.69 Å². The van der Waals surface area contributed by atoms with E-state index in [1.807, 2.05) is 38.1 Å². The first kappa shape index (κ1) is 20.8. The zero-order chi connectivity index (χ0) is 19.9. The molecule has 27 heavy (non-hydrogen) atoms. The standard InChI is InChI=1S/C20H26N2O4S/c1-4-26-19-11-9-18(10-12-19)22(27(3,24)25)14-13-20(23)21-15-17-8-6-5-7-16(17)2/h5-12H,4,13-15H2,1-3H3,(H,21,23). The van der Waals surface area contributed by atoms with Crippen LogP contribution < -0.4 is 14.4 Å². The maximum Gasteiger partial charge on any atom is 0.232 e. The monoisotopic (exact) mass is 390 g/mol. The molecule has 0 fully saturated rings. The van der Waals surface area contributed by atoms with Crippen LogP contribution in [0.1, 0.15) is 24.5 Å². The average molecular weight is 391 g/mol. The largest absolute Gasteiger partial charge is 0.494 e. The predicted octanol–water partition coefficient (Wildman–Crippen LogP) is 2.87. The molecule has 7 heteroatoms. The van der Waals surface area contributed by atoms with Gasteiger partial charge in [-0.1, -0.05) is 24.3 Å². The highest BCUT2D eigenvalue weighted by atomic mass is 32.2. The van der Waals surface area contributed by atoms with Crippen molar-refractivity contribution in [3.8, 4) is 5.75 Å². The fourth-order valence-corrected chi connectivity index (χ4v) is 3.58. The van der Waals surface area contributed by atoms with Crippen LogP contribution >= 0.6 is 0 Å². The normalized spacial score (nSPS) is 11.1. The summed E-state index contributed by atoms with van der Waals surface area (Å²) in [7, 11) is -3.50. The Morgan fingerprint density at radius 3 is 2.37 bits per heavy atom. The van der Waals surface area contributed by atoms with Crippen LogP contribution in [0.3, 0.4) is 0 Å². The van der Waals surface area contributed by atoms with E-state index in [1.54, 1.807) is 24.3 Å². The lowest BCUT2D eigenvalue weighted by molar-refractivity contribution is -0.121. The van der Waals surface area contributed by atoms with Crippen LogP contribution in [0.2, 0.25) is 0 Å². The van der Waals surface area contributed by atoms with Gasteiger partial charge < -0.3 is 10.1 Å². The molecule has 0 spiro atoms. The van der Waals surface area contributed by atoms with Gasteiger partial charge in [-0.25, -0.2) is 8.42 Å². The van der Waals surface area contributed by atoms with E-state index in [-0.39, 0.29) is 18.9 Å². The average Bonchev–Trinajstić information content (AvgIpc) is 2.62. The van der Waals surface area contributed by atoms with Crippen molar-refractivity contribution < 1.29 is 17.9 Å². The number of rotatable bonds is 9. The van der Waals surface area contributed by atoms with Crippen molar-refractivity contribution in [1.29, 1.82) is 0 Å². The first-order valence-electron chi connectivity index (χ1n) is 8.83. The number of nitrogens with one attached hydrogen (secondary N) is 1. The van der Waals surface area contributed by atoms with Crippen LogP contribution in [-0.2, 0) is 21.4 Å². The quantitative estimate of drug-likeness (QED) is 0.714. The van der Waals surface area contributed by atoms with Gasteiger partial charge in [0, 0.05) is 19.5 Å². The van der Waals surface area contributed by atoms with E-state index >= 15 is 0 Å². The molecule has 6 nitrogen and oxygen atoms in total. The molecule has 146 valence electrons. The molecule has 1 N–H and O–H groups in total. The fraction of sp³-hybridized carbons (Fsp3) is 0.350.